The van der Waals surface area contributed by atoms with Crippen LogP contribution in [0, 0.1) is 3.57 Å². The van der Waals surface area contributed by atoms with Crippen LogP contribution in [0.15, 0.2) is 65.3 Å². The van der Waals surface area contributed by atoms with Crippen LogP contribution in [0.3, 0.4) is 0 Å². The molecule has 0 bridgehead atoms. The fraction of sp³-hybridized carbons (Fsp3) is 0. The van der Waals surface area contributed by atoms with Gasteiger partial charge in [-0.15, -0.1) is 0 Å². The van der Waals surface area contributed by atoms with Crippen LogP contribution in [0.5, 0.6) is 0 Å². The Morgan fingerprint density at radius 2 is 1.70 bits per heavy atom. The summed E-state index contributed by atoms with van der Waals surface area (Å²) in [7, 11) is 0. The standard InChI is InChI=1S/C16H10INO2/c17-13-9-5-4-8-12(13)15-18-14(16(19)20-15)10-11-6-2-1-3-7-11/h1-10H. The van der Waals surface area contributed by atoms with Crippen LogP contribution in [-0.2, 0) is 9.53 Å². The largest absolute Gasteiger partial charge is 0.402 e. The first-order valence-electron chi connectivity index (χ1n) is 6.06. The molecule has 98 valence electrons. The first kappa shape index (κ1) is 13.1. The van der Waals surface area contributed by atoms with Gasteiger partial charge < -0.3 is 4.74 Å². The monoisotopic (exact) mass is 375 g/mol. The lowest BCUT2D eigenvalue weighted by Gasteiger charge is -2.01. The molecular formula is C16H10INO2. The number of esters is 1. The van der Waals surface area contributed by atoms with Gasteiger partial charge in [0.15, 0.2) is 5.70 Å². The number of ether oxygens (including phenoxy) is 1. The molecule has 0 aromatic heterocycles. The van der Waals surface area contributed by atoms with Crippen molar-refractivity contribution in [3.63, 3.8) is 0 Å². The van der Waals surface area contributed by atoms with Gasteiger partial charge in [0.1, 0.15) is 0 Å². The number of aliphatic imine (C=N–C) groups is 1. The minimum Gasteiger partial charge on any atom is -0.402 e. The van der Waals surface area contributed by atoms with E-state index in [0.717, 1.165) is 14.7 Å². The normalized spacial score (nSPS) is 16.1. The Labute approximate surface area is 130 Å². The van der Waals surface area contributed by atoms with Gasteiger partial charge in [-0.25, -0.2) is 9.79 Å². The lowest BCUT2D eigenvalue weighted by molar-refractivity contribution is -0.129. The zero-order chi connectivity index (χ0) is 13.9. The zero-order valence-electron chi connectivity index (χ0n) is 10.4. The van der Waals surface area contributed by atoms with Crippen LogP contribution in [0.1, 0.15) is 11.1 Å². The van der Waals surface area contributed by atoms with Crippen molar-refractivity contribution in [3.05, 3.63) is 75.0 Å². The molecule has 0 spiro atoms. The average molecular weight is 375 g/mol. The molecule has 1 aliphatic heterocycles. The SMILES string of the molecule is O=C1OC(c2ccccc2I)=NC1=Cc1ccccc1. The van der Waals surface area contributed by atoms with Crippen LogP contribution in [0.4, 0.5) is 0 Å². The van der Waals surface area contributed by atoms with E-state index in [2.05, 4.69) is 27.6 Å². The summed E-state index contributed by atoms with van der Waals surface area (Å²) in [6, 6.07) is 17.3. The van der Waals surface area contributed by atoms with E-state index in [-0.39, 0.29) is 0 Å². The van der Waals surface area contributed by atoms with Crippen LogP contribution >= 0.6 is 22.6 Å². The van der Waals surface area contributed by atoms with E-state index in [1.54, 1.807) is 6.08 Å². The molecule has 0 unspecified atom stereocenters. The number of nitrogens with zero attached hydrogens (tertiary/aromatic N) is 1. The third kappa shape index (κ3) is 2.65. The molecule has 0 radical (unpaired) electrons. The number of benzene rings is 2. The van der Waals surface area contributed by atoms with Crippen molar-refractivity contribution in [1.29, 1.82) is 0 Å². The second kappa shape index (κ2) is 5.58. The zero-order valence-corrected chi connectivity index (χ0v) is 12.6. The summed E-state index contributed by atoms with van der Waals surface area (Å²) >= 11 is 2.20. The van der Waals surface area contributed by atoms with Crippen molar-refractivity contribution < 1.29 is 9.53 Å². The molecule has 2 aromatic carbocycles. The lowest BCUT2D eigenvalue weighted by atomic mass is 10.2. The molecule has 0 atom stereocenters. The Morgan fingerprint density at radius 3 is 2.45 bits per heavy atom. The van der Waals surface area contributed by atoms with Crippen molar-refractivity contribution in [2.45, 2.75) is 0 Å². The van der Waals surface area contributed by atoms with Crippen LogP contribution in [-0.4, -0.2) is 11.9 Å². The Kier molecular flexibility index (Phi) is 3.64. The van der Waals surface area contributed by atoms with Gasteiger partial charge in [-0.3, -0.25) is 0 Å². The summed E-state index contributed by atoms with van der Waals surface area (Å²) in [5, 5.41) is 0. The topological polar surface area (TPSA) is 38.7 Å². The second-order valence-electron chi connectivity index (χ2n) is 4.23. The predicted molar refractivity (Wildman–Crippen MR) is 86.2 cm³/mol. The van der Waals surface area contributed by atoms with Gasteiger partial charge in [0.05, 0.1) is 5.56 Å². The van der Waals surface area contributed by atoms with E-state index in [1.807, 2.05) is 54.6 Å². The number of carbonyl (C=O) groups is 1. The van der Waals surface area contributed by atoms with Gasteiger partial charge in [-0.05, 0) is 46.4 Å². The maximum absolute atomic E-state index is 11.9. The van der Waals surface area contributed by atoms with Gasteiger partial charge in [0, 0.05) is 3.57 Å². The van der Waals surface area contributed by atoms with E-state index >= 15 is 0 Å². The van der Waals surface area contributed by atoms with Gasteiger partial charge in [-0.1, -0.05) is 42.5 Å². The molecule has 3 rings (SSSR count). The number of cyclic esters (lactones) is 1. The molecule has 1 aliphatic rings. The van der Waals surface area contributed by atoms with E-state index in [4.69, 9.17) is 4.74 Å². The molecule has 0 aliphatic carbocycles. The highest BCUT2D eigenvalue weighted by atomic mass is 127. The summed E-state index contributed by atoms with van der Waals surface area (Å²) in [5.74, 6) is -0.0503. The summed E-state index contributed by atoms with van der Waals surface area (Å²) < 4.78 is 6.25. The highest BCUT2D eigenvalue weighted by Crippen LogP contribution is 2.21. The maximum atomic E-state index is 11.9. The van der Waals surface area contributed by atoms with E-state index < -0.39 is 5.97 Å². The van der Waals surface area contributed by atoms with Gasteiger partial charge in [-0.2, -0.15) is 0 Å². The number of hydrogen-bond acceptors (Lipinski definition) is 3. The smallest absolute Gasteiger partial charge is 0.363 e. The summed E-state index contributed by atoms with van der Waals surface area (Å²) in [4.78, 5) is 16.2. The first-order valence-corrected chi connectivity index (χ1v) is 7.14. The number of hydrogen-bond donors (Lipinski definition) is 0. The number of carbonyl (C=O) groups excluding carboxylic acids is 1. The molecule has 2 aromatic rings. The molecule has 0 saturated heterocycles. The van der Waals surface area contributed by atoms with Gasteiger partial charge >= 0.3 is 5.97 Å². The van der Waals surface area contributed by atoms with E-state index in [0.29, 0.717) is 11.6 Å². The number of halogens is 1. The van der Waals surface area contributed by atoms with Gasteiger partial charge in [0.25, 0.3) is 0 Å². The summed E-state index contributed by atoms with van der Waals surface area (Å²) in [6.45, 7) is 0. The minimum absolute atomic E-state index is 0.325. The number of rotatable bonds is 2. The quantitative estimate of drug-likeness (QED) is 0.457. The van der Waals surface area contributed by atoms with E-state index in [9.17, 15) is 4.79 Å². The molecular weight excluding hydrogens is 365 g/mol. The summed E-state index contributed by atoms with van der Waals surface area (Å²) in [5.41, 5.74) is 2.08. The molecule has 3 nitrogen and oxygen atoms in total. The Hall–Kier alpha value is -1.95. The van der Waals surface area contributed by atoms with Crippen molar-refractivity contribution >= 4 is 40.5 Å². The maximum Gasteiger partial charge on any atom is 0.363 e. The lowest BCUT2D eigenvalue weighted by Crippen LogP contribution is -2.06. The predicted octanol–water partition coefficient (Wildman–Crippen LogP) is 3.64. The van der Waals surface area contributed by atoms with Gasteiger partial charge in [0.2, 0.25) is 5.90 Å². The van der Waals surface area contributed by atoms with Crippen LogP contribution < -0.4 is 0 Å². The second-order valence-corrected chi connectivity index (χ2v) is 5.39. The van der Waals surface area contributed by atoms with Crippen molar-refractivity contribution in [1.82, 2.24) is 0 Å². The first-order chi connectivity index (χ1) is 9.74. The van der Waals surface area contributed by atoms with Crippen molar-refractivity contribution in [2.75, 3.05) is 0 Å². The molecule has 0 fully saturated rings. The Morgan fingerprint density at radius 1 is 1.00 bits per heavy atom. The van der Waals surface area contributed by atoms with Crippen LogP contribution in [0.25, 0.3) is 6.08 Å². The Balaban J connectivity index is 1.98. The van der Waals surface area contributed by atoms with Crippen molar-refractivity contribution in [3.8, 4) is 0 Å². The van der Waals surface area contributed by atoms with Crippen molar-refractivity contribution in [2.24, 2.45) is 4.99 Å². The fourth-order valence-corrected chi connectivity index (χ4v) is 2.48. The molecule has 0 amide bonds. The highest BCUT2D eigenvalue weighted by molar-refractivity contribution is 14.1. The molecule has 20 heavy (non-hydrogen) atoms. The fourth-order valence-electron chi connectivity index (χ4n) is 1.87. The highest BCUT2D eigenvalue weighted by Gasteiger charge is 2.25. The third-order valence-corrected chi connectivity index (χ3v) is 3.77. The Bertz CT molecular complexity index is 720. The molecule has 4 heteroatoms. The van der Waals surface area contributed by atoms with E-state index in [1.165, 1.54) is 0 Å². The molecule has 1 heterocycles. The van der Waals surface area contributed by atoms with Crippen LogP contribution in [0.2, 0.25) is 0 Å². The third-order valence-electron chi connectivity index (χ3n) is 2.83. The molecule has 0 saturated carbocycles. The molecule has 0 N–H and O–H groups in total. The minimum atomic E-state index is -0.413. The average Bonchev–Trinajstić information content (AvgIpc) is 2.81. The summed E-state index contributed by atoms with van der Waals surface area (Å²) in [6.07, 6.45) is 1.73.